The third-order valence-corrected chi connectivity index (χ3v) is 5.41. The predicted molar refractivity (Wildman–Crippen MR) is 129 cm³/mol. The molecule has 0 bridgehead atoms. The van der Waals surface area contributed by atoms with E-state index in [0.717, 1.165) is 15.7 Å². The number of ether oxygens (including phenoxy) is 2. The number of carbonyl (C=O) groups is 2. The van der Waals surface area contributed by atoms with Crippen LogP contribution in [-0.4, -0.2) is 28.0 Å². The van der Waals surface area contributed by atoms with Crippen LogP contribution in [0.4, 0.5) is 5.69 Å². The van der Waals surface area contributed by atoms with Crippen molar-refractivity contribution in [2.24, 2.45) is 0 Å². The highest BCUT2D eigenvalue weighted by atomic mass is 16.5. The molecule has 4 aromatic rings. The summed E-state index contributed by atoms with van der Waals surface area (Å²) in [4.78, 5) is 41.6. The Morgan fingerprint density at radius 1 is 1.06 bits per heavy atom. The smallest absolute Gasteiger partial charge is 0.338 e. The minimum atomic E-state index is -0.601. The Morgan fingerprint density at radius 3 is 2.66 bits per heavy atom. The van der Waals surface area contributed by atoms with Gasteiger partial charge >= 0.3 is 5.97 Å². The first-order chi connectivity index (χ1) is 16.7. The molecule has 0 aliphatic rings. The molecule has 1 N–H and O–H groups in total. The zero-order chi connectivity index (χ0) is 25.1. The lowest BCUT2D eigenvalue weighted by Gasteiger charge is -2.13. The first-order valence-electron chi connectivity index (χ1n) is 11.0. The number of fused-ring (bicyclic) bond motifs is 1. The van der Waals surface area contributed by atoms with Gasteiger partial charge in [0.2, 0.25) is 0 Å². The summed E-state index contributed by atoms with van der Waals surface area (Å²) in [5, 5.41) is 2.77. The van der Waals surface area contributed by atoms with Crippen molar-refractivity contribution in [3.63, 3.8) is 0 Å². The molecule has 0 spiro atoms. The highest BCUT2D eigenvalue weighted by Gasteiger charge is 2.16. The summed E-state index contributed by atoms with van der Waals surface area (Å²) < 4.78 is 17.4. The molecule has 2 heterocycles. The van der Waals surface area contributed by atoms with Gasteiger partial charge in [-0.25, -0.2) is 9.78 Å². The summed E-state index contributed by atoms with van der Waals surface area (Å²) >= 11 is 0. The SMILES string of the molecule is Cc1ccc(C)c(OCC(=O)Nc2cccc(C(=O)OCc3cc(=O)n4oc(C)cc4n3)c2C)c1. The zero-order valence-corrected chi connectivity index (χ0v) is 19.9. The fourth-order valence-corrected chi connectivity index (χ4v) is 3.55. The fraction of sp³-hybridized carbons (Fsp3) is 0.231. The standard InChI is InChI=1S/C26H25N3O6/c1-15-8-9-16(2)22(10-15)33-14-24(30)28-21-7-5-6-20(18(21)4)26(32)34-13-19-12-25(31)29-23(27-19)11-17(3)35-29/h5-12H,13-14H2,1-4H3,(H,28,30). The Labute approximate surface area is 201 Å². The maximum atomic E-state index is 12.7. The van der Waals surface area contributed by atoms with E-state index in [-0.39, 0.29) is 24.7 Å². The van der Waals surface area contributed by atoms with Gasteiger partial charge in [-0.1, -0.05) is 18.2 Å². The molecule has 1 amide bonds. The molecule has 2 aromatic heterocycles. The van der Waals surface area contributed by atoms with E-state index in [1.807, 2.05) is 32.0 Å². The quantitative estimate of drug-likeness (QED) is 0.404. The number of aromatic nitrogens is 2. The monoisotopic (exact) mass is 475 g/mol. The first kappa shape index (κ1) is 23.7. The molecule has 0 fully saturated rings. The summed E-state index contributed by atoms with van der Waals surface area (Å²) in [6, 6.07) is 13.6. The summed E-state index contributed by atoms with van der Waals surface area (Å²) in [5.41, 5.74) is 3.51. The number of esters is 1. The molecular formula is C26H25N3O6. The number of hydrogen-bond donors (Lipinski definition) is 1. The van der Waals surface area contributed by atoms with Gasteiger partial charge in [-0.15, -0.1) is 4.57 Å². The van der Waals surface area contributed by atoms with Gasteiger partial charge in [-0.05, 0) is 62.6 Å². The highest BCUT2D eigenvalue weighted by Crippen LogP contribution is 2.22. The van der Waals surface area contributed by atoms with E-state index >= 15 is 0 Å². The molecule has 2 aromatic carbocycles. The van der Waals surface area contributed by atoms with E-state index in [0.29, 0.717) is 34.1 Å². The number of carbonyl (C=O) groups excluding carboxylic acids is 2. The molecule has 0 aliphatic carbocycles. The van der Waals surface area contributed by atoms with Crippen molar-refractivity contribution in [3.8, 4) is 5.75 Å². The van der Waals surface area contributed by atoms with Crippen molar-refractivity contribution in [3.05, 3.63) is 92.6 Å². The summed E-state index contributed by atoms with van der Waals surface area (Å²) in [5.74, 6) is 0.229. The Hall–Kier alpha value is -4.40. The van der Waals surface area contributed by atoms with Crippen LogP contribution in [0.5, 0.6) is 5.75 Å². The number of aryl methyl sites for hydroxylation is 3. The van der Waals surface area contributed by atoms with Gasteiger partial charge in [0.05, 0.1) is 11.3 Å². The van der Waals surface area contributed by atoms with Crippen LogP contribution >= 0.6 is 0 Å². The second kappa shape index (κ2) is 9.84. The van der Waals surface area contributed by atoms with Gasteiger partial charge in [-0.2, -0.15) is 0 Å². The fourth-order valence-electron chi connectivity index (χ4n) is 3.55. The van der Waals surface area contributed by atoms with Gasteiger partial charge in [0.1, 0.15) is 18.1 Å². The van der Waals surface area contributed by atoms with E-state index < -0.39 is 11.5 Å². The third-order valence-electron chi connectivity index (χ3n) is 5.41. The van der Waals surface area contributed by atoms with E-state index in [1.165, 1.54) is 6.07 Å². The van der Waals surface area contributed by atoms with Crippen LogP contribution in [0.25, 0.3) is 5.65 Å². The molecule has 0 unspecified atom stereocenters. The van der Waals surface area contributed by atoms with Crippen LogP contribution in [0, 0.1) is 27.7 Å². The predicted octanol–water partition coefficient (Wildman–Crippen LogP) is 3.90. The van der Waals surface area contributed by atoms with Crippen LogP contribution in [0.1, 0.15) is 38.5 Å². The number of anilines is 1. The van der Waals surface area contributed by atoms with Crippen molar-refractivity contribution < 1.29 is 23.6 Å². The molecule has 0 aliphatic heterocycles. The average molecular weight is 476 g/mol. The molecule has 0 radical (unpaired) electrons. The van der Waals surface area contributed by atoms with Gasteiger partial charge < -0.3 is 19.3 Å². The molecule has 35 heavy (non-hydrogen) atoms. The van der Waals surface area contributed by atoms with E-state index in [2.05, 4.69) is 10.3 Å². The normalized spacial score (nSPS) is 10.9. The van der Waals surface area contributed by atoms with Crippen LogP contribution in [0.2, 0.25) is 0 Å². The minimum Gasteiger partial charge on any atom is -0.483 e. The highest BCUT2D eigenvalue weighted by molar-refractivity contribution is 5.97. The lowest BCUT2D eigenvalue weighted by Crippen LogP contribution is -2.21. The Kier molecular flexibility index (Phi) is 6.68. The molecule has 9 nitrogen and oxygen atoms in total. The van der Waals surface area contributed by atoms with Crippen molar-refractivity contribution in [2.75, 3.05) is 11.9 Å². The second-order valence-corrected chi connectivity index (χ2v) is 8.24. The number of rotatable bonds is 7. The summed E-state index contributed by atoms with van der Waals surface area (Å²) in [6.45, 7) is 6.92. The maximum Gasteiger partial charge on any atom is 0.338 e. The van der Waals surface area contributed by atoms with Crippen LogP contribution in [0.15, 0.2) is 57.8 Å². The van der Waals surface area contributed by atoms with Gasteiger partial charge in [0.25, 0.3) is 11.5 Å². The number of amides is 1. The number of hydrogen-bond acceptors (Lipinski definition) is 7. The van der Waals surface area contributed by atoms with Crippen molar-refractivity contribution in [1.29, 1.82) is 0 Å². The van der Waals surface area contributed by atoms with Crippen LogP contribution in [-0.2, 0) is 16.1 Å². The Bertz CT molecular complexity index is 1480. The minimum absolute atomic E-state index is 0.171. The topological polar surface area (TPSA) is 112 Å². The van der Waals surface area contributed by atoms with Gasteiger partial charge in [0, 0.05) is 17.8 Å². The van der Waals surface area contributed by atoms with E-state index in [4.69, 9.17) is 14.0 Å². The van der Waals surface area contributed by atoms with Crippen molar-refractivity contribution in [1.82, 2.24) is 9.56 Å². The largest absolute Gasteiger partial charge is 0.483 e. The van der Waals surface area contributed by atoms with Crippen molar-refractivity contribution >= 4 is 23.2 Å². The van der Waals surface area contributed by atoms with E-state index in [9.17, 15) is 14.4 Å². The lowest BCUT2D eigenvalue weighted by atomic mass is 10.1. The Balaban J connectivity index is 1.40. The molecule has 180 valence electrons. The molecular weight excluding hydrogens is 450 g/mol. The van der Waals surface area contributed by atoms with Crippen LogP contribution < -0.4 is 15.6 Å². The first-order valence-corrected chi connectivity index (χ1v) is 11.0. The summed E-state index contributed by atoms with van der Waals surface area (Å²) in [6.07, 6.45) is 0. The van der Waals surface area contributed by atoms with Crippen LogP contribution in [0.3, 0.4) is 0 Å². The lowest BCUT2D eigenvalue weighted by molar-refractivity contribution is -0.118. The number of nitrogens with zero attached hydrogens (tertiary/aromatic N) is 2. The molecule has 0 atom stereocenters. The number of benzene rings is 2. The second-order valence-electron chi connectivity index (χ2n) is 8.24. The Morgan fingerprint density at radius 2 is 1.86 bits per heavy atom. The average Bonchev–Trinajstić information content (AvgIpc) is 3.20. The zero-order valence-electron chi connectivity index (χ0n) is 19.9. The molecule has 4 rings (SSSR count). The van der Waals surface area contributed by atoms with E-state index in [1.54, 1.807) is 38.1 Å². The maximum absolute atomic E-state index is 12.7. The number of nitrogens with one attached hydrogen (secondary N) is 1. The van der Waals surface area contributed by atoms with Crippen molar-refractivity contribution in [2.45, 2.75) is 34.3 Å². The third kappa shape index (κ3) is 5.40. The molecule has 9 heteroatoms. The molecule has 0 saturated carbocycles. The van der Waals surface area contributed by atoms with Gasteiger partial charge in [-0.3, -0.25) is 9.59 Å². The van der Waals surface area contributed by atoms with Gasteiger partial charge in [0.15, 0.2) is 12.3 Å². The summed E-state index contributed by atoms with van der Waals surface area (Å²) in [7, 11) is 0. The molecule has 0 saturated heterocycles.